The molecule has 130 valence electrons. The van der Waals surface area contributed by atoms with E-state index in [-0.39, 0.29) is 10.6 Å². The van der Waals surface area contributed by atoms with E-state index in [4.69, 9.17) is 0 Å². The van der Waals surface area contributed by atoms with Crippen molar-refractivity contribution in [1.29, 1.82) is 0 Å². The van der Waals surface area contributed by atoms with Crippen molar-refractivity contribution in [3.05, 3.63) is 46.3 Å². The number of nitro groups is 1. The monoisotopic (exact) mass is 346 g/mol. The van der Waals surface area contributed by atoms with Gasteiger partial charge in [0.05, 0.1) is 10.5 Å². The molecule has 0 fully saturated rings. The van der Waals surface area contributed by atoms with Crippen molar-refractivity contribution < 1.29 is 4.92 Å². The molecule has 0 N–H and O–H groups in total. The van der Waals surface area contributed by atoms with E-state index in [0.29, 0.717) is 0 Å². The fraction of sp³-hybridized carbons (Fsp3) is 0.474. The Morgan fingerprint density at radius 3 is 2.54 bits per heavy atom. The van der Waals surface area contributed by atoms with E-state index < -0.39 is 0 Å². The Morgan fingerprint density at radius 1 is 1.17 bits per heavy atom. The molecule has 24 heavy (non-hydrogen) atoms. The highest BCUT2D eigenvalue weighted by atomic mass is 32.2. The van der Waals surface area contributed by atoms with Crippen LogP contribution in [0.1, 0.15) is 45.2 Å². The van der Waals surface area contributed by atoms with Crippen LogP contribution in [0, 0.1) is 17.0 Å². The molecule has 1 aromatic heterocycles. The molecule has 0 aliphatic rings. The molecule has 0 saturated heterocycles. The quantitative estimate of drug-likeness (QED) is 0.240. The van der Waals surface area contributed by atoms with Crippen LogP contribution in [0.3, 0.4) is 0 Å². The van der Waals surface area contributed by atoms with Gasteiger partial charge in [-0.3, -0.25) is 10.1 Å². The van der Waals surface area contributed by atoms with Gasteiger partial charge in [0.15, 0.2) is 0 Å². The first-order chi connectivity index (χ1) is 11.6. The molecule has 4 nitrogen and oxygen atoms in total. The number of thioether (sulfide) groups is 1. The second-order valence-electron chi connectivity index (χ2n) is 5.98. The lowest BCUT2D eigenvalue weighted by atomic mass is 10.0. The Morgan fingerprint density at radius 2 is 1.88 bits per heavy atom. The summed E-state index contributed by atoms with van der Waals surface area (Å²) in [7, 11) is 0. The zero-order valence-electron chi connectivity index (χ0n) is 14.7. The lowest BCUT2D eigenvalue weighted by Gasteiger charge is -2.08. The summed E-state index contributed by atoms with van der Waals surface area (Å²) >= 11 is 1.81. The number of hydrogen-bond donors (Lipinski definition) is 0. The van der Waals surface area contributed by atoms with Gasteiger partial charge in [-0.05, 0) is 31.6 Å². The van der Waals surface area contributed by atoms with Crippen LogP contribution in [0.4, 0.5) is 5.69 Å². The first kappa shape index (κ1) is 18.6. The molecule has 1 heterocycles. The molecule has 0 atom stereocenters. The van der Waals surface area contributed by atoms with Gasteiger partial charge in [0, 0.05) is 35.0 Å². The third-order valence-electron chi connectivity index (χ3n) is 4.19. The third-order valence-corrected chi connectivity index (χ3v) is 5.30. The van der Waals surface area contributed by atoms with Crippen LogP contribution >= 0.6 is 11.8 Å². The molecule has 0 unspecified atom stereocenters. The first-order valence-electron chi connectivity index (χ1n) is 8.66. The maximum Gasteiger partial charge on any atom is 0.277 e. The van der Waals surface area contributed by atoms with Crippen LogP contribution in [0.25, 0.3) is 11.1 Å². The first-order valence-corrected chi connectivity index (χ1v) is 9.65. The molecule has 2 aromatic rings. The van der Waals surface area contributed by atoms with Gasteiger partial charge in [-0.2, -0.15) is 0 Å². The predicted octanol–water partition coefficient (Wildman–Crippen LogP) is 6.06. The van der Waals surface area contributed by atoms with Crippen molar-refractivity contribution in [2.45, 2.75) is 57.9 Å². The van der Waals surface area contributed by atoms with E-state index in [1.807, 2.05) is 23.9 Å². The van der Waals surface area contributed by atoms with E-state index in [2.05, 4.69) is 31.5 Å². The van der Waals surface area contributed by atoms with Crippen molar-refractivity contribution in [3.8, 4) is 11.1 Å². The zero-order chi connectivity index (χ0) is 17.5. The highest BCUT2D eigenvalue weighted by molar-refractivity contribution is 7.99. The summed E-state index contributed by atoms with van der Waals surface area (Å²) in [6.45, 7) is 7.40. The van der Waals surface area contributed by atoms with Crippen LogP contribution in [0.5, 0.6) is 0 Å². The molecule has 0 saturated carbocycles. The standard InChI is InChI=1S/C19H26N2O2S/c1-4-6-12-20-14-18(24-13-7-5-2)19(15(20)3)16-10-8-9-11-17(16)21(22)23/h8-11,14H,4-7,12-13H2,1-3H3. The van der Waals surface area contributed by atoms with Gasteiger partial charge < -0.3 is 4.57 Å². The summed E-state index contributed by atoms with van der Waals surface area (Å²) < 4.78 is 2.25. The second kappa shape index (κ2) is 8.92. The number of aryl methyl sites for hydroxylation is 1. The predicted molar refractivity (Wildman–Crippen MR) is 102 cm³/mol. The highest BCUT2D eigenvalue weighted by Gasteiger charge is 2.22. The summed E-state index contributed by atoms with van der Waals surface area (Å²) in [6, 6.07) is 7.08. The van der Waals surface area contributed by atoms with E-state index >= 15 is 0 Å². The molecular formula is C19H26N2O2S. The number of nitrogens with zero attached hydrogens (tertiary/aromatic N) is 2. The lowest BCUT2D eigenvalue weighted by molar-refractivity contribution is -0.384. The molecule has 0 bridgehead atoms. The Bertz CT molecular complexity index is 695. The summed E-state index contributed by atoms with van der Waals surface area (Å²) in [5.41, 5.74) is 3.07. The van der Waals surface area contributed by atoms with Crippen LogP contribution in [-0.2, 0) is 6.54 Å². The Balaban J connectivity index is 2.49. The molecule has 0 aliphatic carbocycles. The van der Waals surface area contributed by atoms with Gasteiger partial charge in [-0.15, -0.1) is 11.8 Å². The van der Waals surface area contributed by atoms with E-state index in [1.165, 1.54) is 0 Å². The highest BCUT2D eigenvalue weighted by Crippen LogP contribution is 2.40. The molecule has 1 aromatic carbocycles. The average Bonchev–Trinajstić information content (AvgIpc) is 2.88. The number of hydrogen-bond acceptors (Lipinski definition) is 3. The van der Waals surface area contributed by atoms with Crippen LogP contribution in [0.2, 0.25) is 0 Å². The Hall–Kier alpha value is -1.75. The second-order valence-corrected chi connectivity index (χ2v) is 7.11. The third kappa shape index (κ3) is 4.20. The van der Waals surface area contributed by atoms with E-state index in [9.17, 15) is 10.1 Å². The van der Waals surface area contributed by atoms with Crippen LogP contribution in [0.15, 0.2) is 35.4 Å². The smallest absolute Gasteiger partial charge is 0.277 e. The van der Waals surface area contributed by atoms with Gasteiger partial charge >= 0.3 is 0 Å². The summed E-state index contributed by atoms with van der Waals surface area (Å²) in [6.07, 6.45) is 6.74. The molecule has 5 heteroatoms. The van der Waals surface area contributed by atoms with Crippen molar-refractivity contribution in [2.75, 3.05) is 5.75 Å². The lowest BCUT2D eigenvalue weighted by Crippen LogP contribution is -1.99. The Labute approximate surface area is 148 Å². The van der Waals surface area contributed by atoms with Gasteiger partial charge in [0.1, 0.15) is 0 Å². The molecule has 0 spiro atoms. The number of nitro benzene ring substituents is 1. The summed E-state index contributed by atoms with van der Waals surface area (Å²) in [5.74, 6) is 1.04. The summed E-state index contributed by atoms with van der Waals surface area (Å²) in [4.78, 5) is 12.3. The molecule has 0 aliphatic heterocycles. The molecule has 2 rings (SSSR count). The minimum absolute atomic E-state index is 0.186. The van der Waals surface area contributed by atoms with Crippen molar-refractivity contribution >= 4 is 17.4 Å². The number of rotatable bonds is 9. The SMILES string of the molecule is CCCCSc1cn(CCCC)c(C)c1-c1ccccc1[N+](=O)[O-]. The largest absolute Gasteiger partial charge is 0.350 e. The van der Waals surface area contributed by atoms with Crippen LogP contribution < -0.4 is 0 Å². The van der Waals surface area contributed by atoms with Crippen molar-refractivity contribution in [1.82, 2.24) is 4.57 Å². The minimum Gasteiger partial charge on any atom is -0.350 e. The van der Waals surface area contributed by atoms with Gasteiger partial charge in [-0.25, -0.2) is 0 Å². The topological polar surface area (TPSA) is 48.1 Å². The fourth-order valence-corrected chi connectivity index (χ4v) is 4.05. The zero-order valence-corrected chi connectivity index (χ0v) is 15.6. The maximum atomic E-state index is 11.4. The van der Waals surface area contributed by atoms with Crippen molar-refractivity contribution in [3.63, 3.8) is 0 Å². The van der Waals surface area contributed by atoms with Gasteiger partial charge in [-0.1, -0.05) is 38.8 Å². The fourth-order valence-electron chi connectivity index (χ4n) is 2.79. The van der Waals surface area contributed by atoms with Crippen molar-refractivity contribution in [2.24, 2.45) is 0 Å². The van der Waals surface area contributed by atoms with E-state index in [1.54, 1.807) is 12.1 Å². The molecule has 0 amide bonds. The minimum atomic E-state index is -0.279. The maximum absolute atomic E-state index is 11.4. The number of para-hydroxylation sites is 1. The summed E-state index contributed by atoms with van der Waals surface area (Å²) in [5, 5.41) is 11.4. The number of unbranched alkanes of at least 4 members (excludes halogenated alkanes) is 2. The van der Waals surface area contributed by atoms with Crippen LogP contribution in [-0.4, -0.2) is 15.2 Å². The van der Waals surface area contributed by atoms with E-state index in [0.717, 1.165) is 59.7 Å². The Kier molecular flexibility index (Phi) is 6.91. The normalized spacial score (nSPS) is 11.0. The molecular weight excluding hydrogens is 320 g/mol. The average molecular weight is 346 g/mol. The van der Waals surface area contributed by atoms with Gasteiger partial charge in [0.2, 0.25) is 0 Å². The van der Waals surface area contributed by atoms with Gasteiger partial charge in [0.25, 0.3) is 5.69 Å². The number of aromatic nitrogens is 1. The number of benzene rings is 1. The molecule has 0 radical (unpaired) electrons.